The summed E-state index contributed by atoms with van der Waals surface area (Å²) >= 11 is 6.15. The molecule has 0 radical (unpaired) electrons. The SMILES string of the molecule is O=c1ccc2cc(N3CCN(CCCCc4c[nH]c5ccc(Cl)cc45)CC3)c(O)cc2o1. The van der Waals surface area contributed by atoms with Crippen LogP contribution < -0.4 is 10.5 Å². The first-order valence-corrected chi connectivity index (χ1v) is 11.4. The van der Waals surface area contributed by atoms with Crippen molar-refractivity contribution in [3.63, 3.8) is 0 Å². The fraction of sp³-hybridized carbons (Fsp3) is 0.320. The van der Waals surface area contributed by atoms with E-state index >= 15 is 0 Å². The molecule has 5 rings (SSSR count). The Morgan fingerprint density at radius 1 is 1.03 bits per heavy atom. The molecule has 6 nitrogen and oxygen atoms in total. The maximum absolute atomic E-state index is 11.4. The van der Waals surface area contributed by atoms with Crippen LogP contribution in [0.4, 0.5) is 5.69 Å². The Labute approximate surface area is 191 Å². The highest BCUT2D eigenvalue weighted by Gasteiger charge is 2.20. The summed E-state index contributed by atoms with van der Waals surface area (Å²) in [5.41, 5.74) is 3.26. The van der Waals surface area contributed by atoms with E-state index in [1.54, 1.807) is 6.07 Å². The first-order valence-electron chi connectivity index (χ1n) is 11.1. The van der Waals surface area contributed by atoms with Gasteiger partial charge in [0.2, 0.25) is 0 Å². The summed E-state index contributed by atoms with van der Waals surface area (Å²) in [7, 11) is 0. The second-order valence-electron chi connectivity index (χ2n) is 8.42. The van der Waals surface area contributed by atoms with Crippen molar-refractivity contribution in [3.8, 4) is 5.75 Å². The van der Waals surface area contributed by atoms with E-state index in [2.05, 4.69) is 21.0 Å². The lowest BCUT2D eigenvalue weighted by molar-refractivity contribution is 0.252. The van der Waals surface area contributed by atoms with Crippen molar-refractivity contribution in [2.75, 3.05) is 37.6 Å². The van der Waals surface area contributed by atoms with Crippen molar-refractivity contribution in [3.05, 3.63) is 69.7 Å². The standard InChI is InChI=1S/C25H26ClN3O3/c26-19-5-6-21-20(14-19)18(16-27-21)3-1-2-8-28-9-11-29(12-10-28)22-13-17-4-7-25(31)32-24(17)15-23(22)30/h4-7,13-16,27,30H,1-3,8-12H2. The number of H-pyrrole nitrogens is 1. The summed E-state index contributed by atoms with van der Waals surface area (Å²) < 4.78 is 5.16. The molecular weight excluding hydrogens is 426 g/mol. The monoisotopic (exact) mass is 451 g/mol. The summed E-state index contributed by atoms with van der Waals surface area (Å²) in [6, 6.07) is 12.6. The molecule has 166 valence electrons. The molecule has 7 heteroatoms. The van der Waals surface area contributed by atoms with Crippen LogP contribution in [0.1, 0.15) is 18.4 Å². The number of aromatic amines is 1. The molecule has 2 aromatic heterocycles. The smallest absolute Gasteiger partial charge is 0.336 e. The average Bonchev–Trinajstić information content (AvgIpc) is 3.18. The highest BCUT2D eigenvalue weighted by atomic mass is 35.5. The number of unbranched alkanes of at least 4 members (excludes halogenated alkanes) is 1. The minimum absolute atomic E-state index is 0.152. The Morgan fingerprint density at radius 2 is 1.88 bits per heavy atom. The van der Waals surface area contributed by atoms with Crippen LogP contribution in [-0.4, -0.2) is 47.7 Å². The number of nitrogens with one attached hydrogen (secondary N) is 1. The molecule has 0 amide bonds. The third-order valence-corrected chi connectivity index (χ3v) is 6.56. The van der Waals surface area contributed by atoms with E-state index < -0.39 is 5.63 Å². The molecule has 2 aromatic carbocycles. The van der Waals surface area contributed by atoms with E-state index in [9.17, 15) is 9.90 Å². The fourth-order valence-corrected chi connectivity index (χ4v) is 4.74. The van der Waals surface area contributed by atoms with Gasteiger partial charge in [0.05, 0.1) is 5.69 Å². The molecule has 32 heavy (non-hydrogen) atoms. The third-order valence-electron chi connectivity index (χ3n) is 6.33. The van der Waals surface area contributed by atoms with Crippen LogP contribution in [0.5, 0.6) is 5.75 Å². The van der Waals surface area contributed by atoms with Crippen LogP contribution in [0.2, 0.25) is 5.02 Å². The Bertz CT molecular complexity index is 1310. The lowest BCUT2D eigenvalue weighted by atomic mass is 10.1. The van der Waals surface area contributed by atoms with Crippen molar-refractivity contribution in [1.29, 1.82) is 0 Å². The van der Waals surface area contributed by atoms with Gasteiger partial charge in [0, 0.05) is 65.8 Å². The second-order valence-corrected chi connectivity index (χ2v) is 8.86. The minimum atomic E-state index is -0.410. The predicted octanol–water partition coefficient (Wildman–Crippen LogP) is 4.78. The van der Waals surface area contributed by atoms with Crippen molar-refractivity contribution >= 4 is 39.2 Å². The Balaban J connectivity index is 1.13. The van der Waals surface area contributed by atoms with Crippen molar-refractivity contribution in [2.24, 2.45) is 0 Å². The van der Waals surface area contributed by atoms with Crippen LogP contribution in [0.15, 0.2) is 57.9 Å². The van der Waals surface area contributed by atoms with Crippen LogP contribution in [0.25, 0.3) is 21.9 Å². The maximum atomic E-state index is 11.4. The van der Waals surface area contributed by atoms with Crippen LogP contribution in [0.3, 0.4) is 0 Å². The van der Waals surface area contributed by atoms with E-state index in [-0.39, 0.29) is 5.75 Å². The van der Waals surface area contributed by atoms with Gasteiger partial charge in [0.15, 0.2) is 0 Å². The molecule has 0 bridgehead atoms. The Hall–Kier alpha value is -2.96. The molecule has 3 heterocycles. The van der Waals surface area contributed by atoms with Crippen LogP contribution >= 0.6 is 11.6 Å². The van der Waals surface area contributed by atoms with Crippen molar-refractivity contribution < 1.29 is 9.52 Å². The van der Waals surface area contributed by atoms with Gasteiger partial charge in [-0.1, -0.05) is 11.6 Å². The van der Waals surface area contributed by atoms with Gasteiger partial charge in [-0.15, -0.1) is 0 Å². The highest BCUT2D eigenvalue weighted by Crippen LogP contribution is 2.32. The number of fused-ring (bicyclic) bond motifs is 2. The Kier molecular flexibility index (Phi) is 5.81. The molecule has 1 aliphatic rings. The summed E-state index contributed by atoms with van der Waals surface area (Å²) in [4.78, 5) is 19.4. The third kappa shape index (κ3) is 4.33. The number of piperazine rings is 1. The zero-order valence-electron chi connectivity index (χ0n) is 17.8. The number of phenols is 1. The number of hydrogen-bond acceptors (Lipinski definition) is 5. The summed E-state index contributed by atoms with van der Waals surface area (Å²) in [6.07, 6.45) is 5.42. The molecule has 0 aliphatic carbocycles. The van der Waals surface area contributed by atoms with Gasteiger partial charge < -0.3 is 19.4 Å². The van der Waals surface area contributed by atoms with Gasteiger partial charge in [-0.05, 0) is 61.7 Å². The molecule has 0 spiro atoms. The normalized spacial score (nSPS) is 15.1. The fourth-order valence-electron chi connectivity index (χ4n) is 4.57. The zero-order chi connectivity index (χ0) is 22.1. The van der Waals surface area contributed by atoms with Gasteiger partial charge >= 0.3 is 5.63 Å². The lowest BCUT2D eigenvalue weighted by Crippen LogP contribution is -2.46. The van der Waals surface area contributed by atoms with Crippen LogP contribution in [-0.2, 0) is 6.42 Å². The van der Waals surface area contributed by atoms with Gasteiger partial charge in [-0.3, -0.25) is 4.90 Å². The van der Waals surface area contributed by atoms with E-state index in [0.717, 1.165) is 73.6 Å². The topological polar surface area (TPSA) is 72.7 Å². The van der Waals surface area contributed by atoms with E-state index in [0.29, 0.717) is 5.58 Å². The molecule has 1 aliphatic heterocycles. The quantitative estimate of drug-likeness (QED) is 0.326. The number of hydrogen-bond donors (Lipinski definition) is 2. The number of aromatic nitrogens is 1. The molecule has 0 unspecified atom stereocenters. The number of anilines is 1. The number of nitrogens with zero attached hydrogens (tertiary/aromatic N) is 2. The van der Waals surface area contributed by atoms with E-state index in [1.165, 1.54) is 23.1 Å². The number of benzene rings is 2. The summed E-state index contributed by atoms with van der Waals surface area (Å²) in [5.74, 6) is 0.152. The predicted molar refractivity (Wildman–Crippen MR) is 129 cm³/mol. The zero-order valence-corrected chi connectivity index (χ0v) is 18.6. The van der Waals surface area contributed by atoms with Gasteiger partial charge in [0.1, 0.15) is 11.3 Å². The van der Waals surface area contributed by atoms with Crippen LogP contribution in [0, 0.1) is 0 Å². The first kappa shape index (κ1) is 20.9. The molecule has 1 saturated heterocycles. The molecule has 0 atom stereocenters. The molecule has 0 saturated carbocycles. The molecule has 2 N–H and O–H groups in total. The highest BCUT2D eigenvalue weighted by molar-refractivity contribution is 6.31. The molecule has 4 aromatic rings. The van der Waals surface area contributed by atoms with Crippen molar-refractivity contribution in [1.82, 2.24) is 9.88 Å². The summed E-state index contributed by atoms with van der Waals surface area (Å²) in [5, 5.41) is 13.3. The lowest BCUT2D eigenvalue weighted by Gasteiger charge is -2.36. The first-order chi connectivity index (χ1) is 15.6. The number of aryl methyl sites for hydroxylation is 1. The largest absolute Gasteiger partial charge is 0.506 e. The molecular formula is C25H26ClN3O3. The second kappa shape index (κ2) is 8.88. The Morgan fingerprint density at radius 3 is 2.72 bits per heavy atom. The number of rotatable bonds is 6. The molecule has 1 fully saturated rings. The average molecular weight is 452 g/mol. The number of aromatic hydroxyl groups is 1. The van der Waals surface area contributed by atoms with E-state index in [4.69, 9.17) is 16.0 Å². The van der Waals surface area contributed by atoms with Crippen molar-refractivity contribution in [2.45, 2.75) is 19.3 Å². The van der Waals surface area contributed by atoms with Gasteiger partial charge in [-0.2, -0.15) is 0 Å². The van der Waals surface area contributed by atoms with E-state index in [1.807, 2.05) is 24.3 Å². The number of halogens is 1. The minimum Gasteiger partial charge on any atom is -0.506 e. The summed E-state index contributed by atoms with van der Waals surface area (Å²) in [6.45, 7) is 4.72. The number of phenolic OH excluding ortho intramolecular Hbond substituents is 1. The van der Waals surface area contributed by atoms with Gasteiger partial charge in [-0.25, -0.2) is 4.79 Å². The van der Waals surface area contributed by atoms with Gasteiger partial charge in [0.25, 0.3) is 0 Å². The maximum Gasteiger partial charge on any atom is 0.336 e.